The third kappa shape index (κ3) is 4.03. The lowest BCUT2D eigenvalue weighted by Crippen LogP contribution is -2.56. The Morgan fingerprint density at radius 3 is 1.90 bits per heavy atom. The van der Waals surface area contributed by atoms with E-state index in [0.717, 1.165) is 68.5 Å². The number of likely N-dealkylation sites (tertiary alicyclic amines) is 1. The largest absolute Gasteiger partial charge is 0.353 e. The number of hydrogen-bond acceptors (Lipinski definition) is 2. The van der Waals surface area contributed by atoms with Crippen LogP contribution in [0.15, 0.2) is 24.3 Å². The Labute approximate surface area is 187 Å². The van der Waals surface area contributed by atoms with Crippen LogP contribution in [0.2, 0.25) is 0 Å². The Kier molecular flexibility index (Phi) is 5.18. The van der Waals surface area contributed by atoms with E-state index >= 15 is 0 Å². The van der Waals surface area contributed by atoms with Crippen molar-refractivity contribution < 1.29 is 9.59 Å². The van der Waals surface area contributed by atoms with Gasteiger partial charge in [0.15, 0.2) is 0 Å². The smallest absolute Gasteiger partial charge is 0.253 e. The van der Waals surface area contributed by atoms with Gasteiger partial charge in [0.25, 0.3) is 5.91 Å². The topological polar surface area (TPSA) is 49.4 Å². The molecule has 4 heteroatoms. The maximum atomic E-state index is 13.3. The highest BCUT2D eigenvalue weighted by atomic mass is 16.2. The molecule has 0 radical (unpaired) electrons. The number of piperidine rings is 1. The first-order chi connectivity index (χ1) is 14.7. The minimum absolute atomic E-state index is 0.0729. The molecule has 31 heavy (non-hydrogen) atoms. The zero-order valence-electron chi connectivity index (χ0n) is 19.5. The molecule has 1 N–H and O–H groups in total. The van der Waals surface area contributed by atoms with Crippen molar-refractivity contribution in [2.45, 2.75) is 83.6 Å². The van der Waals surface area contributed by atoms with E-state index < -0.39 is 0 Å². The number of hydrogen-bond donors (Lipinski definition) is 1. The Balaban J connectivity index is 1.16. The zero-order chi connectivity index (χ0) is 21.8. The average molecular weight is 423 g/mol. The Morgan fingerprint density at radius 1 is 0.903 bits per heavy atom. The van der Waals surface area contributed by atoms with E-state index in [1.54, 1.807) is 0 Å². The normalized spacial score (nSPS) is 32.9. The molecule has 1 saturated heterocycles. The predicted octanol–water partition coefficient (Wildman–Crippen LogP) is 4.92. The monoisotopic (exact) mass is 422 g/mol. The van der Waals surface area contributed by atoms with Crippen LogP contribution in [0, 0.1) is 23.2 Å². The summed E-state index contributed by atoms with van der Waals surface area (Å²) in [5.41, 5.74) is 2.03. The van der Waals surface area contributed by atoms with Crippen molar-refractivity contribution in [3.8, 4) is 0 Å². The van der Waals surface area contributed by atoms with Gasteiger partial charge >= 0.3 is 0 Å². The van der Waals surface area contributed by atoms with Crippen molar-refractivity contribution in [3.05, 3.63) is 35.4 Å². The van der Waals surface area contributed by atoms with Gasteiger partial charge < -0.3 is 10.2 Å². The van der Waals surface area contributed by atoms with E-state index in [0.29, 0.717) is 5.91 Å². The van der Waals surface area contributed by atoms with Gasteiger partial charge in [-0.3, -0.25) is 9.59 Å². The minimum Gasteiger partial charge on any atom is -0.353 e. The maximum Gasteiger partial charge on any atom is 0.253 e. The predicted molar refractivity (Wildman–Crippen MR) is 123 cm³/mol. The van der Waals surface area contributed by atoms with Crippen LogP contribution in [0.1, 0.15) is 88.1 Å². The van der Waals surface area contributed by atoms with Crippen LogP contribution in [-0.4, -0.2) is 35.8 Å². The number of carbonyl (C=O) groups is 2. The van der Waals surface area contributed by atoms with Crippen molar-refractivity contribution >= 4 is 11.8 Å². The SMILES string of the molecule is CC(C)(C)c1ccc(C(=O)N2CCC(NC(=O)C34CC5CC(CC(C5)C3)C4)CC2)cc1. The highest BCUT2D eigenvalue weighted by Gasteiger charge is 2.54. The Bertz CT molecular complexity index is 808. The summed E-state index contributed by atoms with van der Waals surface area (Å²) in [7, 11) is 0. The molecule has 1 heterocycles. The number of carbonyl (C=O) groups excluding carboxylic acids is 2. The molecule has 0 unspecified atom stereocenters. The van der Waals surface area contributed by atoms with Gasteiger partial charge in [-0.25, -0.2) is 0 Å². The van der Waals surface area contributed by atoms with Gasteiger partial charge in [-0.05, 0) is 92.2 Å². The molecule has 2 amide bonds. The molecule has 4 bridgehead atoms. The molecule has 1 aromatic rings. The van der Waals surface area contributed by atoms with Gasteiger partial charge in [0.05, 0.1) is 0 Å². The summed E-state index contributed by atoms with van der Waals surface area (Å²) in [6, 6.07) is 8.29. The Morgan fingerprint density at radius 2 is 1.42 bits per heavy atom. The number of nitrogens with one attached hydrogen (secondary N) is 1. The van der Waals surface area contributed by atoms with Gasteiger partial charge in [-0.15, -0.1) is 0 Å². The summed E-state index contributed by atoms with van der Waals surface area (Å²) in [6.07, 6.45) is 9.18. The van der Waals surface area contributed by atoms with Crippen molar-refractivity contribution in [3.63, 3.8) is 0 Å². The van der Waals surface area contributed by atoms with Crippen LogP contribution in [-0.2, 0) is 10.2 Å². The summed E-state index contributed by atoms with van der Waals surface area (Å²) < 4.78 is 0. The lowest BCUT2D eigenvalue weighted by atomic mass is 9.49. The van der Waals surface area contributed by atoms with E-state index in [9.17, 15) is 9.59 Å². The first kappa shape index (κ1) is 21.0. The molecule has 168 valence electrons. The zero-order valence-corrected chi connectivity index (χ0v) is 19.5. The van der Waals surface area contributed by atoms with Crippen LogP contribution in [0.3, 0.4) is 0 Å². The van der Waals surface area contributed by atoms with Gasteiger partial charge in [0, 0.05) is 30.1 Å². The van der Waals surface area contributed by atoms with Crippen molar-refractivity contribution in [2.24, 2.45) is 23.2 Å². The average Bonchev–Trinajstić information content (AvgIpc) is 2.72. The summed E-state index contributed by atoms with van der Waals surface area (Å²) in [5, 5.41) is 3.42. The molecular formula is C27H38N2O2. The van der Waals surface area contributed by atoms with Crippen molar-refractivity contribution in [1.29, 1.82) is 0 Å². The second-order valence-corrected chi connectivity index (χ2v) is 12.1. The Hall–Kier alpha value is -1.84. The number of amides is 2. The van der Waals surface area contributed by atoms with E-state index in [4.69, 9.17) is 0 Å². The summed E-state index contributed by atoms with van der Waals surface area (Å²) in [6.45, 7) is 8.02. The van der Waals surface area contributed by atoms with E-state index in [2.05, 4.69) is 38.2 Å². The van der Waals surface area contributed by atoms with Gasteiger partial charge in [-0.1, -0.05) is 32.9 Å². The maximum absolute atomic E-state index is 13.3. The van der Waals surface area contributed by atoms with Crippen molar-refractivity contribution in [1.82, 2.24) is 10.2 Å². The molecule has 1 aliphatic heterocycles. The summed E-state index contributed by atoms with van der Waals surface area (Å²) in [5.74, 6) is 2.82. The third-order valence-corrected chi connectivity index (χ3v) is 8.64. The molecule has 5 fully saturated rings. The standard InChI is InChI=1S/C27H38N2O2/c1-26(2,3)22-6-4-21(5-7-22)24(30)29-10-8-23(9-11-29)28-25(31)27-15-18-12-19(16-27)14-20(13-18)17-27/h4-7,18-20,23H,8-17H2,1-3H3,(H,28,31). The highest BCUT2D eigenvalue weighted by Crippen LogP contribution is 2.60. The first-order valence-electron chi connectivity index (χ1n) is 12.4. The fourth-order valence-electron chi connectivity index (χ4n) is 7.25. The van der Waals surface area contributed by atoms with Gasteiger partial charge in [0.2, 0.25) is 5.91 Å². The number of rotatable bonds is 3. The fraction of sp³-hybridized carbons (Fsp3) is 0.704. The van der Waals surface area contributed by atoms with Crippen LogP contribution in [0.25, 0.3) is 0 Å². The van der Waals surface area contributed by atoms with Crippen LogP contribution in [0.4, 0.5) is 0 Å². The van der Waals surface area contributed by atoms with Gasteiger partial charge in [0.1, 0.15) is 0 Å². The van der Waals surface area contributed by atoms with E-state index in [1.165, 1.54) is 24.8 Å². The van der Waals surface area contributed by atoms with Crippen molar-refractivity contribution in [2.75, 3.05) is 13.1 Å². The van der Waals surface area contributed by atoms with Gasteiger partial charge in [-0.2, -0.15) is 0 Å². The molecule has 4 nitrogen and oxygen atoms in total. The molecule has 5 aliphatic rings. The third-order valence-electron chi connectivity index (χ3n) is 8.64. The first-order valence-corrected chi connectivity index (χ1v) is 12.4. The van der Waals surface area contributed by atoms with E-state index in [1.807, 2.05) is 17.0 Å². The van der Waals surface area contributed by atoms with Crippen LogP contribution in [0.5, 0.6) is 0 Å². The molecule has 4 aliphatic carbocycles. The fourth-order valence-corrected chi connectivity index (χ4v) is 7.25. The summed E-state index contributed by atoms with van der Waals surface area (Å²) >= 11 is 0. The van der Waals surface area contributed by atoms with Crippen LogP contribution < -0.4 is 5.32 Å². The minimum atomic E-state index is -0.0729. The van der Waals surface area contributed by atoms with E-state index in [-0.39, 0.29) is 22.8 Å². The molecule has 0 atom stereocenters. The highest BCUT2D eigenvalue weighted by molar-refractivity contribution is 5.94. The molecular weight excluding hydrogens is 384 g/mol. The van der Waals surface area contributed by atoms with Crippen LogP contribution >= 0.6 is 0 Å². The molecule has 4 saturated carbocycles. The number of nitrogens with zero attached hydrogens (tertiary/aromatic N) is 1. The molecule has 0 aromatic heterocycles. The lowest BCUT2D eigenvalue weighted by Gasteiger charge is -2.56. The second-order valence-electron chi connectivity index (χ2n) is 12.1. The number of benzene rings is 1. The molecule has 0 spiro atoms. The molecule has 1 aromatic carbocycles. The molecule has 6 rings (SSSR count). The second kappa shape index (κ2) is 7.64. The lowest BCUT2D eigenvalue weighted by molar-refractivity contribution is -0.147. The quantitative estimate of drug-likeness (QED) is 0.751. The summed E-state index contributed by atoms with van der Waals surface area (Å²) in [4.78, 5) is 28.2.